The van der Waals surface area contributed by atoms with E-state index in [2.05, 4.69) is 10.5 Å². The van der Waals surface area contributed by atoms with E-state index < -0.39 is 11.7 Å². The molecule has 7 heteroatoms. The van der Waals surface area contributed by atoms with Gasteiger partial charge in [0.05, 0.1) is 5.56 Å². The largest absolute Gasteiger partial charge is 0.360 e. The molecule has 0 aliphatic heterocycles. The second-order valence-corrected chi connectivity index (χ2v) is 7.04. The highest BCUT2D eigenvalue weighted by atomic mass is 19.1. The summed E-state index contributed by atoms with van der Waals surface area (Å²) in [5, 5.41) is 6.35. The average molecular weight is 373 g/mol. The molecular formula is C20H24FN3O3. The average Bonchev–Trinajstić information content (AvgIpc) is 3.06. The van der Waals surface area contributed by atoms with Gasteiger partial charge in [-0.3, -0.25) is 9.59 Å². The van der Waals surface area contributed by atoms with Gasteiger partial charge in [0.15, 0.2) is 5.82 Å². The Bertz CT molecular complexity index is 799. The fourth-order valence-corrected chi connectivity index (χ4v) is 3.49. The van der Waals surface area contributed by atoms with Crippen LogP contribution in [0.1, 0.15) is 48.2 Å². The monoisotopic (exact) mass is 373 g/mol. The van der Waals surface area contributed by atoms with Crippen LogP contribution in [0.4, 0.5) is 10.2 Å². The van der Waals surface area contributed by atoms with E-state index in [-0.39, 0.29) is 18.0 Å². The molecule has 1 aromatic carbocycles. The molecule has 0 spiro atoms. The normalized spacial score (nSPS) is 14.7. The number of halogens is 1. The summed E-state index contributed by atoms with van der Waals surface area (Å²) >= 11 is 0. The number of carbonyl (C=O) groups excluding carboxylic acids is 2. The molecule has 144 valence electrons. The zero-order valence-electron chi connectivity index (χ0n) is 15.4. The van der Waals surface area contributed by atoms with Crippen LogP contribution >= 0.6 is 0 Å². The number of anilines is 1. The fourth-order valence-electron chi connectivity index (χ4n) is 3.49. The van der Waals surface area contributed by atoms with Crippen molar-refractivity contribution in [3.63, 3.8) is 0 Å². The second-order valence-electron chi connectivity index (χ2n) is 7.04. The molecule has 2 amide bonds. The van der Waals surface area contributed by atoms with Crippen LogP contribution in [0.2, 0.25) is 0 Å². The van der Waals surface area contributed by atoms with Crippen molar-refractivity contribution in [1.29, 1.82) is 0 Å². The highest BCUT2D eigenvalue weighted by molar-refractivity contribution is 5.99. The van der Waals surface area contributed by atoms with Crippen molar-refractivity contribution in [2.24, 2.45) is 5.92 Å². The maximum atomic E-state index is 14.1. The van der Waals surface area contributed by atoms with Gasteiger partial charge in [0, 0.05) is 12.6 Å². The van der Waals surface area contributed by atoms with Gasteiger partial charge in [-0.1, -0.05) is 36.6 Å². The van der Waals surface area contributed by atoms with E-state index in [9.17, 15) is 14.0 Å². The summed E-state index contributed by atoms with van der Waals surface area (Å²) < 4.78 is 19.0. The summed E-state index contributed by atoms with van der Waals surface area (Å²) in [4.78, 5) is 26.8. The number of rotatable bonds is 6. The van der Waals surface area contributed by atoms with Crippen LogP contribution in [-0.4, -0.2) is 35.0 Å². The standard InChI is InChI=1S/C20H24FN3O3/c1-14-11-18(23-27-14)22-19(25)13-24(12-15-7-3-2-4-8-15)20(26)16-9-5-6-10-17(16)21/h5-6,9-11,15H,2-4,7-8,12-13H2,1H3,(H,22,23,25). The Morgan fingerprint density at radius 2 is 2.00 bits per heavy atom. The highest BCUT2D eigenvalue weighted by Gasteiger charge is 2.25. The van der Waals surface area contributed by atoms with Gasteiger partial charge < -0.3 is 14.7 Å². The number of hydrogen-bond acceptors (Lipinski definition) is 4. The van der Waals surface area contributed by atoms with Crippen molar-refractivity contribution in [3.8, 4) is 0 Å². The Morgan fingerprint density at radius 3 is 2.67 bits per heavy atom. The molecule has 0 saturated heterocycles. The van der Waals surface area contributed by atoms with Crippen LogP contribution in [-0.2, 0) is 4.79 Å². The van der Waals surface area contributed by atoms with Gasteiger partial charge in [0.25, 0.3) is 5.91 Å². The Labute approximate surface area is 157 Å². The summed E-state index contributed by atoms with van der Waals surface area (Å²) in [6.45, 7) is 2.01. The molecule has 1 aromatic heterocycles. The van der Waals surface area contributed by atoms with E-state index in [1.807, 2.05) is 0 Å². The van der Waals surface area contributed by atoms with E-state index in [4.69, 9.17) is 4.52 Å². The maximum absolute atomic E-state index is 14.1. The number of nitrogens with one attached hydrogen (secondary N) is 1. The van der Waals surface area contributed by atoms with E-state index in [1.54, 1.807) is 19.1 Å². The lowest BCUT2D eigenvalue weighted by Gasteiger charge is -2.29. The van der Waals surface area contributed by atoms with Gasteiger partial charge in [-0.25, -0.2) is 4.39 Å². The SMILES string of the molecule is Cc1cc(NC(=O)CN(CC2CCCCC2)C(=O)c2ccccc2F)no1. The molecule has 1 N–H and O–H groups in total. The molecule has 1 fully saturated rings. The minimum absolute atomic E-state index is 0.0154. The van der Waals surface area contributed by atoms with Crippen molar-refractivity contribution in [1.82, 2.24) is 10.1 Å². The Morgan fingerprint density at radius 1 is 1.26 bits per heavy atom. The number of carbonyl (C=O) groups is 2. The van der Waals surface area contributed by atoms with Gasteiger partial charge in [-0.2, -0.15) is 0 Å². The molecule has 27 heavy (non-hydrogen) atoms. The molecule has 0 radical (unpaired) electrons. The van der Waals surface area contributed by atoms with Gasteiger partial charge >= 0.3 is 0 Å². The number of amides is 2. The molecule has 0 atom stereocenters. The number of aryl methyl sites for hydroxylation is 1. The lowest BCUT2D eigenvalue weighted by Crippen LogP contribution is -2.41. The molecule has 3 rings (SSSR count). The van der Waals surface area contributed by atoms with Crippen LogP contribution in [0.25, 0.3) is 0 Å². The first-order valence-corrected chi connectivity index (χ1v) is 9.30. The molecule has 1 heterocycles. The molecule has 6 nitrogen and oxygen atoms in total. The number of aromatic nitrogens is 1. The minimum Gasteiger partial charge on any atom is -0.360 e. The van der Waals surface area contributed by atoms with Gasteiger partial charge in [0.2, 0.25) is 5.91 Å². The van der Waals surface area contributed by atoms with Crippen LogP contribution in [0.5, 0.6) is 0 Å². The zero-order chi connectivity index (χ0) is 19.2. The molecular weight excluding hydrogens is 349 g/mol. The van der Waals surface area contributed by atoms with E-state index in [0.717, 1.165) is 25.7 Å². The van der Waals surface area contributed by atoms with Crippen molar-refractivity contribution < 1.29 is 18.5 Å². The lowest BCUT2D eigenvalue weighted by molar-refractivity contribution is -0.117. The molecule has 0 unspecified atom stereocenters. The predicted molar refractivity (Wildman–Crippen MR) is 98.7 cm³/mol. The molecule has 1 aliphatic rings. The zero-order valence-corrected chi connectivity index (χ0v) is 15.4. The van der Waals surface area contributed by atoms with Crippen LogP contribution in [0, 0.1) is 18.7 Å². The number of nitrogens with zero attached hydrogens (tertiary/aromatic N) is 2. The van der Waals surface area contributed by atoms with Crippen molar-refractivity contribution >= 4 is 17.6 Å². The van der Waals surface area contributed by atoms with Crippen molar-refractivity contribution in [2.45, 2.75) is 39.0 Å². The van der Waals surface area contributed by atoms with Gasteiger partial charge in [0.1, 0.15) is 18.1 Å². The van der Waals surface area contributed by atoms with Crippen LogP contribution in [0.15, 0.2) is 34.9 Å². The van der Waals surface area contributed by atoms with Crippen LogP contribution in [0.3, 0.4) is 0 Å². The predicted octanol–water partition coefficient (Wildman–Crippen LogP) is 3.78. The lowest BCUT2D eigenvalue weighted by atomic mass is 9.89. The van der Waals surface area contributed by atoms with E-state index in [1.165, 1.54) is 29.5 Å². The maximum Gasteiger partial charge on any atom is 0.257 e. The Kier molecular flexibility index (Phi) is 6.21. The summed E-state index contributed by atoms with van der Waals surface area (Å²) in [5.41, 5.74) is -0.0154. The molecule has 0 bridgehead atoms. The third-order valence-electron chi connectivity index (χ3n) is 4.82. The first-order valence-electron chi connectivity index (χ1n) is 9.30. The number of hydrogen-bond donors (Lipinski definition) is 1. The van der Waals surface area contributed by atoms with Gasteiger partial charge in [-0.05, 0) is 37.8 Å². The summed E-state index contributed by atoms with van der Waals surface area (Å²) in [6.07, 6.45) is 5.48. The van der Waals surface area contributed by atoms with Crippen LogP contribution < -0.4 is 5.32 Å². The fraction of sp³-hybridized carbons (Fsp3) is 0.450. The van der Waals surface area contributed by atoms with Crippen molar-refractivity contribution in [3.05, 3.63) is 47.5 Å². The number of benzene rings is 1. The summed E-state index contributed by atoms with van der Waals surface area (Å²) in [6, 6.07) is 7.46. The first-order chi connectivity index (χ1) is 13.0. The second kappa shape index (κ2) is 8.79. The van der Waals surface area contributed by atoms with Gasteiger partial charge in [-0.15, -0.1) is 0 Å². The Balaban J connectivity index is 1.73. The summed E-state index contributed by atoms with van der Waals surface area (Å²) in [7, 11) is 0. The third kappa shape index (κ3) is 5.15. The quantitative estimate of drug-likeness (QED) is 0.836. The molecule has 1 saturated carbocycles. The third-order valence-corrected chi connectivity index (χ3v) is 4.82. The molecule has 2 aromatic rings. The smallest absolute Gasteiger partial charge is 0.257 e. The minimum atomic E-state index is -0.580. The highest BCUT2D eigenvalue weighted by Crippen LogP contribution is 2.25. The topological polar surface area (TPSA) is 75.4 Å². The summed E-state index contributed by atoms with van der Waals surface area (Å²) in [5.74, 6) is -0.227. The Hall–Kier alpha value is -2.70. The first kappa shape index (κ1) is 19.1. The van der Waals surface area contributed by atoms with E-state index in [0.29, 0.717) is 24.0 Å². The molecule has 1 aliphatic carbocycles. The van der Waals surface area contributed by atoms with Crippen molar-refractivity contribution in [2.75, 3.05) is 18.4 Å². The van der Waals surface area contributed by atoms with E-state index >= 15 is 0 Å².